The van der Waals surface area contributed by atoms with Crippen molar-refractivity contribution in [2.45, 2.75) is 50.4 Å². The van der Waals surface area contributed by atoms with Crippen molar-refractivity contribution < 1.29 is 27.0 Å². The molecule has 6 aromatic heterocycles. The number of nitrogens with one attached hydrogen (secondary N) is 2. The van der Waals surface area contributed by atoms with Gasteiger partial charge in [-0.3, -0.25) is 4.90 Å². The largest absolute Gasteiger partial charge is 0.490 e. The summed E-state index contributed by atoms with van der Waals surface area (Å²) in [5.41, 5.74) is 17.2. The Balaban J connectivity index is 0.000000166. The van der Waals surface area contributed by atoms with Crippen molar-refractivity contribution in [3.63, 3.8) is 0 Å². The minimum Gasteiger partial charge on any atom is -0.490 e. The van der Waals surface area contributed by atoms with Gasteiger partial charge < -0.3 is 46.3 Å². The van der Waals surface area contributed by atoms with Crippen LogP contribution in [0.25, 0.3) is 45.3 Å². The van der Waals surface area contributed by atoms with Crippen LogP contribution in [-0.2, 0) is 14.1 Å². The van der Waals surface area contributed by atoms with Crippen LogP contribution in [0.3, 0.4) is 0 Å². The van der Waals surface area contributed by atoms with Gasteiger partial charge in [0.25, 0.3) is 0 Å². The van der Waals surface area contributed by atoms with Gasteiger partial charge in [0.2, 0.25) is 35.6 Å². The van der Waals surface area contributed by atoms with Gasteiger partial charge in [-0.15, -0.1) is 10.2 Å². The number of aromatic nitrogens is 12. The fourth-order valence-corrected chi connectivity index (χ4v) is 11.8. The zero-order chi connectivity index (χ0) is 58.4. The lowest BCUT2D eigenvalue weighted by Gasteiger charge is -2.59. The smallest absolute Gasteiger partial charge is 0.249 e. The fourth-order valence-electron chi connectivity index (χ4n) is 11.8. The molecule has 2 aromatic carbocycles. The number of hydrogen-bond donors (Lipinski definition) is 4. The quantitative estimate of drug-likeness (QED) is 0.0591. The molecule has 22 nitrogen and oxygen atoms in total. The first-order valence-electron chi connectivity index (χ1n) is 28.0. The number of halogens is 4. The van der Waals surface area contributed by atoms with Crippen LogP contribution in [0.2, 0.25) is 0 Å². The molecule has 84 heavy (non-hydrogen) atoms. The van der Waals surface area contributed by atoms with Gasteiger partial charge in [0.05, 0.1) is 22.8 Å². The van der Waals surface area contributed by atoms with Crippen molar-refractivity contribution in [1.82, 2.24) is 69.2 Å². The number of pyridine rings is 2. The number of rotatable bonds is 18. The molecule has 2 aliphatic carbocycles. The van der Waals surface area contributed by atoms with E-state index in [1.807, 2.05) is 103 Å². The number of hydrogen-bond acceptors (Lipinski definition) is 20. The van der Waals surface area contributed by atoms with Crippen molar-refractivity contribution in [2.24, 2.45) is 24.9 Å². The minimum absolute atomic E-state index is 0.0224. The second-order valence-electron chi connectivity index (χ2n) is 23.0. The average molecular weight is 1150 g/mol. The molecule has 5 aliphatic rings. The standard InChI is InChI=1S/C30H34F2N10O.C28H32F2N10O/c1-40-28(38-26(39-40)21-5-7-25(35-15-21)42-18-29(19-42)16-30(31,32)17-29)37-23-6-4-20(22-8-9-34-27(33)36-22)14-24(23)43-13-12-41-10-2-3-11-41;1-38(2)10-11-41-22-12-18(20-8-9-32-25(31)34-20)4-6-21(22)35-26-36-24(37-39(26)3)19-5-7-23(33-13-19)40-16-27(17-40)14-28(29,30)15-27/h4-9,14-15H,2-3,10-13,16-19H2,1H3,(H2,33,34,36)(H,37,38,39);4-9,12-13H,10-11,14-17H2,1-3H3,(H2,31,32,34)(H,35,36,37). The van der Waals surface area contributed by atoms with E-state index in [4.69, 9.17) is 30.9 Å². The van der Waals surface area contributed by atoms with Crippen LogP contribution in [0.4, 0.5) is 64.4 Å². The van der Waals surface area contributed by atoms with Crippen LogP contribution in [-0.4, -0.2) is 161 Å². The van der Waals surface area contributed by atoms with E-state index in [1.165, 1.54) is 12.8 Å². The summed E-state index contributed by atoms with van der Waals surface area (Å²) in [5, 5.41) is 15.9. The Morgan fingerprint density at radius 3 is 1.40 bits per heavy atom. The summed E-state index contributed by atoms with van der Waals surface area (Å²) in [6.07, 6.45) is 9.05. The van der Waals surface area contributed by atoms with Crippen molar-refractivity contribution in [3.05, 3.63) is 97.6 Å². The van der Waals surface area contributed by atoms with E-state index in [1.54, 1.807) is 47.3 Å². The molecule has 5 fully saturated rings. The number of aryl methyl sites for hydroxylation is 2. The highest BCUT2D eigenvalue weighted by Crippen LogP contribution is 2.58. The molecule has 8 aromatic rings. The number of alkyl halides is 4. The summed E-state index contributed by atoms with van der Waals surface area (Å²) >= 11 is 0. The van der Waals surface area contributed by atoms with E-state index in [-0.39, 0.29) is 48.4 Å². The Morgan fingerprint density at radius 1 is 0.560 bits per heavy atom. The van der Waals surface area contributed by atoms with Gasteiger partial charge >= 0.3 is 0 Å². The van der Waals surface area contributed by atoms with Crippen LogP contribution < -0.4 is 41.4 Å². The van der Waals surface area contributed by atoms with Crippen molar-refractivity contribution in [1.29, 1.82) is 0 Å². The number of likely N-dealkylation sites (N-methyl/N-ethyl adjacent to an activating group) is 1. The summed E-state index contributed by atoms with van der Waals surface area (Å²) in [7, 11) is 7.60. The number of nitrogens with two attached hydrogens (primary N) is 2. The van der Waals surface area contributed by atoms with Crippen molar-refractivity contribution >= 4 is 46.8 Å². The van der Waals surface area contributed by atoms with Gasteiger partial charge in [-0.25, -0.2) is 56.8 Å². The summed E-state index contributed by atoms with van der Waals surface area (Å²) < 4.78 is 69.1. The number of benzene rings is 2. The van der Waals surface area contributed by atoms with Gasteiger partial charge in [-0.2, -0.15) is 9.97 Å². The normalized spacial score (nSPS) is 17.9. The Kier molecular flexibility index (Phi) is 14.9. The molecule has 13 rings (SSSR count). The highest BCUT2D eigenvalue weighted by atomic mass is 19.3. The SMILES string of the molecule is CN(C)CCOc1cc(-c2ccnc(N)n2)ccc1Nc1nc(-c2ccc(N3CC4(C3)CC(F)(F)C4)nc2)nn1C.Cn1nc(-c2ccc(N3CC4(C3)CC(F)(F)C4)nc2)nc1Nc1ccc(-c2ccnc(N)n2)cc1OCCN1CCCC1. The highest BCUT2D eigenvalue weighted by Gasteiger charge is 2.63. The van der Waals surface area contributed by atoms with E-state index in [9.17, 15) is 17.6 Å². The van der Waals surface area contributed by atoms with Crippen molar-refractivity contribution in [3.8, 4) is 56.8 Å². The summed E-state index contributed by atoms with van der Waals surface area (Å²) in [6.45, 7) is 7.31. The van der Waals surface area contributed by atoms with E-state index >= 15 is 0 Å². The van der Waals surface area contributed by atoms with E-state index in [0.29, 0.717) is 85.8 Å². The molecule has 0 unspecified atom stereocenters. The topological polar surface area (TPSA) is 246 Å². The lowest BCUT2D eigenvalue weighted by Crippen LogP contribution is -2.66. The van der Waals surface area contributed by atoms with Crippen LogP contribution in [0, 0.1) is 10.8 Å². The molecule has 0 bridgehead atoms. The Morgan fingerprint density at radius 2 is 1.00 bits per heavy atom. The minimum atomic E-state index is -2.51. The first kappa shape index (κ1) is 55.7. The van der Waals surface area contributed by atoms with Gasteiger partial charge in [-0.1, -0.05) is 12.1 Å². The predicted octanol–water partition coefficient (Wildman–Crippen LogP) is 8.21. The first-order chi connectivity index (χ1) is 40.3. The molecule has 2 spiro atoms. The van der Waals surface area contributed by atoms with E-state index < -0.39 is 11.8 Å². The van der Waals surface area contributed by atoms with Crippen LogP contribution in [0.15, 0.2) is 97.6 Å². The van der Waals surface area contributed by atoms with Crippen LogP contribution in [0.5, 0.6) is 11.5 Å². The first-order valence-corrected chi connectivity index (χ1v) is 28.0. The highest BCUT2D eigenvalue weighted by molar-refractivity contribution is 5.74. The predicted molar refractivity (Wildman–Crippen MR) is 312 cm³/mol. The molecule has 9 heterocycles. The molecule has 2 saturated carbocycles. The van der Waals surface area contributed by atoms with E-state index in [0.717, 1.165) is 71.4 Å². The molecule has 0 atom stereocenters. The summed E-state index contributed by atoms with van der Waals surface area (Å²) in [5.74, 6) is 0.342. The second kappa shape index (κ2) is 22.4. The number of nitrogens with zero attached hydrogens (tertiary/aromatic N) is 16. The Bertz CT molecular complexity index is 3620. The third kappa shape index (κ3) is 12.3. The van der Waals surface area contributed by atoms with Crippen LogP contribution in [0.1, 0.15) is 38.5 Å². The van der Waals surface area contributed by atoms with Crippen LogP contribution >= 0.6 is 0 Å². The Hall–Kier alpha value is -8.78. The lowest BCUT2D eigenvalue weighted by molar-refractivity contribution is -0.170. The molecular weight excluding hydrogens is 1080 g/mol. The zero-order valence-electron chi connectivity index (χ0n) is 47.2. The third-order valence-corrected chi connectivity index (χ3v) is 15.9. The molecule has 3 aliphatic heterocycles. The number of ether oxygens (including phenoxy) is 2. The van der Waals surface area contributed by atoms with Gasteiger partial charge in [0, 0.05) is 137 Å². The molecule has 438 valence electrons. The second-order valence-corrected chi connectivity index (χ2v) is 23.0. The number of nitrogen functional groups attached to an aromatic ring is 2. The molecule has 26 heteroatoms. The average Bonchev–Trinajstić information content (AvgIpc) is 1.80. The molecule has 3 saturated heterocycles. The maximum atomic E-state index is 13.4. The molecular formula is C58H66F4N20O2. The molecule has 0 radical (unpaired) electrons. The lowest BCUT2D eigenvalue weighted by atomic mass is 9.61. The van der Waals surface area contributed by atoms with E-state index in [2.05, 4.69) is 55.6 Å². The Labute approximate surface area is 482 Å². The maximum absolute atomic E-state index is 13.4. The number of likely N-dealkylation sites (tertiary alicyclic amines) is 1. The summed E-state index contributed by atoms with van der Waals surface area (Å²) in [4.78, 5) is 43.7. The van der Waals surface area contributed by atoms with Gasteiger partial charge in [-0.05, 0) is 101 Å². The molecule has 0 amide bonds. The monoisotopic (exact) mass is 1150 g/mol. The van der Waals surface area contributed by atoms with Crippen molar-refractivity contribution in [2.75, 3.05) is 112 Å². The maximum Gasteiger partial charge on any atom is 0.249 e. The summed E-state index contributed by atoms with van der Waals surface area (Å²) in [6, 6.07) is 22.8. The van der Waals surface area contributed by atoms with Gasteiger partial charge in [0.15, 0.2) is 11.6 Å². The fraction of sp³-hybridized carbons (Fsp3) is 0.414. The molecule has 6 N–H and O–H groups in total. The number of anilines is 8. The zero-order valence-corrected chi connectivity index (χ0v) is 47.2. The van der Waals surface area contributed by atoms with Gasteiger partial charge in [0.1, 0.15) is 36.3 Å². The third-order valence-electron chi connectivity index (χ3n) is 15.9.